The number of aliphatic imine (C=N–C) groups is 1. The van der Waals surface area contributed by atoms with E-state index in [1.807, 2.05) is 12.1 Å². The lowest BCUT2D eigenvalue weighted by Gasteiger charge is -2.33. The number of benzene rings is 1. The molecule has 2 aliphatic heterocycles. The SMILES string of the molecule is COc1ccc2c(c1)C(c1cc(N3CCN(C)CC3)ncn1)=NC2. The molecule has 0 saturated carbocycles. The largest absolute Gasteiger partial charge is 0.497 e. The van der Waals surface area contributed by atoms with Crippen molar-refractivity contribution in [3.05, 3.63) is 47.4 Å². The number of aromatic nitrogens is 2. The molecular formula is C18H21N5O. The maximum Gasteiger partial charge on any atom is 0.132 e. The Balaban J connectivity index is 1.64. The van der Waals surface area contributed by atoms with E-state index in [1.165, 1.54) is 5.56 Å². The highest BCUT2D eigenvalue weighted by Gasteiger charge is 2.21. The average molecular weight is 323 g/mol. The summed E-state index contributed by atoms with van der Waals surface area (Å²) in [4.78, 5) is 18.3. The van der Waals surface area contributed by atoms with Gasteiger partial charge in [-0.25, -0.2) is 9.97 Å². The van der Waals surface area contributed by atoms with Crippen molar-refractivity contribution >= 4 is 11.5 Å². The fourth-order valence-corrected chi connectivity index (χ4v) is 3.19. The molecule has 1 saturated heterocycles. The van der Waals surface area contributed by atoms with Gasteiger partial charge in [-0.15, -0.1) is 0 Å². The van der Waals surface area contributed by atoms with Crippen LogP contribution in [0.15, 0.2) is 35.6 Å². The zero-order valence-electron chi connectivity index (χ0n) is 14.1. The fourth-order valence-electron chi connectivity index (χ4n) is 3.19. The summed E-state index contributed by atoms with van der Waals surface area (Å²) in [6, 6.07) is 8.15. The van der Waals surface area contributed by atoms with Crippen LogP contribution in [0.3, 0.4) is 0 Å². The van der Waals surface area contributed by atoms with E-state index in [0.29, 0.717) is 6.54 Å². The summed E-state index contributed by atoms with van der Waals surface area (Å²) in [6.45, 7) is 4.79. The first-order valence-electron chi connectivity index (χ1n) is 8.22. The topological polar surface area (TPSA) is 53.9 Å². The molecule has 0 atom stereocenters. The molecule has 0 N–H and O–H groups in total. The van der Waals surface area contributed by atoms with Crippen LogP contribution in [0.1, 0.15) is 16.8 Å². The number of hydrogen-bond donors (Lipinski definition) is 0. The number of methoxy groups -OCH3 is 1. The molecule has 3 heterocycles. The fraction of sp³-hybridized carbons (Fsp3) is 0.389. The summed E-state index contributed by atoms with van der Waals surface area (Å²) in [5.74, 6) is 1.82. The lowest BCUT2D eigenvalue weighted by atomic mass is 10.0. The van der Waals surface area contributed by atoms with Gasteiger partial charge in [0.15, 0.2) is 0 Å². The number of nitrogens with zero attached hydrogens (tertiary/aromatic N) is 5. The number of piperazine rings is 1. The molecule has 0 spiro atoms. The van der Waals surface area contributed by atoms with Gasteiger partial charge >= 0.3 is 0 Å². The van der Waals surface area contributed by atoms with Crippen molar-refractivity contribution in [1.29, 1.82) is 0 Å². The minimum absolute atomic E-state index is 0.697. The monoisotopic (exact) mass is 323 g/mol. The van der Waals surface area contributed by atoms with Crippen LogP contribution in [-0.2, 0) is 6.54 Å². The van der Waals surface area contributed by atoms with Crippen LogP contribution in [-0.4, -0.2) is 60.9 Å². The molecule has 2 aromatic rings. The Morgan fingerprint density at radius 2 is 1.88 bits per heavy atom. The minimum Gasteiger partial charge on any atom is -0.497 e. The van der Waals surface area contributed by atoms with E-state index in [0.717, 1.165) is 54.7 Å². The summed E-state index contributed by atoms with van der Waals surface area (Å²) < 4.78 is 5.35. The maximum atomic E-state index is 5.35. The van der Waals surface area contributed by atoms with Gasteiger partial charge in [0.1, 0.15) is 17.9 Å². The zero-order chi connectivity index (χ0) is 16.5. The van der Waals surface area contributed by atoms with E-state index >= 15 is 0 Å². The van der Waals surface area contributed by atoms with Crippen molar-refractivity contribution in [2.45, 2.75) is 6.54 Å². The summed E-state index contributed by atoms with van der Waals surface area (Å²) in [7, 11) is 3.84. The summed E-state index contributed by atoms with van der Waals surface area (Å²) in [5, 5.41) is 0. The standard InChI is InChI=1S/C18H21N5O/c1-22-5-7-23(8-6-22)17-10-16(20-12-21-17)18-15-9-14(24-2)4-3-13(15)11-19-18/h3-4,9-10,12H,5-8,11H2,1-2H3. The molecule has 2 aliphatic rings. The number of rotatable bonds is 3. The van der Waals surface area contributed by atoms with Crippen molar-refractivity contribution in [3.63, 3.8) is 0 Å². The van der Waals surface area contributed by atoms with Gasteiger partial charge in [-0.1, -0.05) is 6.07 Å². The normalized spacial score (nSPS) is 17.6. The molecule has 124 valence electrons. The first-order chi connectivity index (χ1) is 11.7. The van der Waals surface area contributed by atoms with Crippen molar-refractivity contribution in [3.8, 4) is 5.75 Å². The van der Waals surface area contributed by atoms with Gasteiger partial charge in [0.2, 0.25) is 0 Å². The van der Waals surface area contributed by atoms with Gasteiger partial charge in [0.25, 0.3) is 0 Å². The molecule has 0 unspecified atom stereocenters. The third kappa shape index (κ3) is 2.73. The molecule has 6 heteroatoms. The van der Waals surface area contributed by atoms with E-state index in [9.17, 15) is 0 Å². The molecule has 1 aromatic carbocycles. The summed E-state index contributed by atoms with van der Waals surface area (Å²) in [6.07, 6.45) is 1.64. The molecular weight excluding hydrogens is 302 g/mol. The van der Waals surface area contributed by atoms with Gasteiger partial charge in [-0.05, 0) is 24.7 Å². The molecule has 4 rings (SSSR count). The van der Waals surface area contributed by atoms with Crippen LogP contribution < -0.4 is 9.64 Å². The Morgan fingerprint density at radius 3 is 2.67 bits per heavy atom. The molecule has 0 amide bonds. The molecule has 1 fully saturated rings. The second kappa shape index (κ2) is 6.20. The number of ether oxygens (including phenoxy) is 1. The molecule has 0 aliphatic carbocycles. The van der Waals surface area contributed by atoms with Crippen LogP contribution in [0.5, 0.6) is 5.75 Å². The Kier molecular flexibility index (Phi) is 3.90. The highest BCUT2D eigenvalue weighted by Crippen LogP contribution is 2.27. The van der Waals surface area contributed by atoms with E-state index in [-0.39, 0.29) is 0 Å². The second-order valence-corrected chi connectivity index (χ2v) is 6.24. The van der Waals surface area contributed by atoms with Gasteiger partial charge in [-0.2, -0.15) is 0 Å². The van der Waals surface area contributed by atoms with Crippen LogP contribution in [0.25, 0.3) is 0 Å². The van der Waals surface area contributed by atoms with E-state index in [1.54, 1.807) is 13.4 Å². The highest BCUT2D eigenvalue weighted by atomic mass is 16.5. The van der Waals surface area contributed by atoms with Crippen LogP contribution in [0.4, 0.5) is 5.82 Å². The highest BCUT2D eigenvalue weighted by molar-refractivity contribution is 6.14. The van der Waals surface area contributed by atoms with E-state index < -0.39 is 0 Å². The maximum absolute atomic E-state index is 5.35. The van der Waals surface area contributed by atoms with Crippen molar-refractivity contribution < 1.29 is 4.74 Å². The summed E-state index contributed by atoms with van der Waals surface area (Å²) >= 11 is 0. The number of fused-ring (bicyclic) bond motifs is 1. The predicted molar refractivity (Wildman–Crippen MR) is 94.1 cm³/mol. The Labute approximate surface area is 141 Å². The number of hydrogen-bond acceptors (Lipinski definition) is 6. The zero-order valence-corrected chi connectivity index (χ0v) is 14.1. The molecule has 0 radical (unpaired) electrons. The Hall–Kier alpha value is -2.47. The van der Waals surface area contributed by atoms with Crippen molar-refractivity contribution in [2.24, 2.45) is 4.99 Å². The molecule has 0 bridgehead atoms. The van der Waals surface area contributed by atoms with Gasteiger partial charge < -0.3 is 14.5 Å². The lowest BCUT2D eigenvalue weighted by molar-refractivity contribution is 0.312. The molecule has 6 nitrogen and oxygen atoms in total. The van der Waals surface area contributed by atoms with E-state index in [4.69, 9.17) is 9.73 Å². The minimum atomic E-state index is 0.697. The Bertz CT molecular complexity index is 781. The number of anilines is 1. The van der Waals surface area contributed by atoms with Crippen molar-refractivity contribution in [1.82, 2.24) is 14.9 Å². The van der Waals surface area contributed by atoms with Gasteiger partial charge in [0, 0.05) is 37.8 Å². The smallest absolute Gasteiger partial charge is 0.132 e. The molecule has 24 heavy (non-hydrogen) atoms. The van der Waals surface area contributed by atoms with Crippen LogP contribution in [0.2, 0.25) is 0 Å². The average Bonchev–Trinajstić information content (AvgIpc) is 3.05. The Morgan fingerprint density at radius 1 is 1.04 bits per heavy atom. The first-order valence-corrected chi connectivity index (χ1v) is 8.22. The first kappa shape index (κ1) is 15.1. The van der Waals surface area contributed by atoms with Gasteiger partial charge in [0.05, 0.1) is 25.1 Å². The predicted octanol–water partition coefficient (Wildman–Crippen LogP) is 1.59. The van der Waals surface area contributed by atoms with Crippen molar-refractivity contribution in [2.75, 3.05) is 45.2 Å². The number of likely N-dealkylation sites (N-methyl/N-ethyl adjacent to an activating group) is 1. The van der Waals surface area contributed by atoms with Crippen LogP contribution >= 0.6 is 0 Å². The van der Waals surface area contributed by atoms with Crippen LogP contribution in [0, 0.1) is 0 Å². The van der Waals surface area contributed by atoms with E-state index in [2.05, 4.69) is 38.9 Å². The molecule has 1 aromatic heterocycles. The third-order valence-electron chi connectivity index (χ3n) is 4.70. The van der Waals surface area contributed by atoms with Gasteiger partial charge in [-0.3, -0.25) is 4.99 Å². The summed E-state index contributed by atoms with van der Waals surface area (Å²) in [5.41, 5.74) is 4.13. The quantitative estimate of drug-likeness (QED) is 0.858. The second-order valence-electron chi connectivity index (χ2n) is 6.24. The lowest BCUT2D eigenvalue weighted by Crippen LogP contribution is -2.44. The third-order valence-corrected chi connectivity index (χ3v) is 4.70.